The molecule has 0 radical (unpaired) electrons. The number of rotatable bonds is 5. The largest absolute Gasteiger partial charge is 0.448 e. The summed E-state index contributed by atoms with van der Waals surface area (Å²) in [5, 5.41) is 3.74. The van der Waals surface area contributed by atoms with E-state index in [1.54, 1.807) is 4.90 Å². The molecule has 2 aliphatic rings. The van der Waals surface area contributed by atoms with Gasteiger partial charge in [0.1, 0.15) is 6.61 Å². The molecule has 3 aromatic rings. The summed E-state index contributed by atoms with van der Waals surface area (Å²) in [6, 6.07) is 22.4. The number of thiol groups is 1. The van der Waals surface area contributed by atoms with E-state index in [0.29, 0.717) is 44.2 Å². The number of nitrogens with zero attached hydrogens (tertiary/aromatic N) is 5. The van der Waals surface area contributed by atoms with Crippen molar-refractivity contribution in [1.82, 2.24) is 4.90 Å². The van der Waals surface area contributed by atoms with Crippen molar-refractivity contribution in [3.05, 3.63) is 93.9 Å². The normalized spacial score (nSPS) is 14.9. The van der Waals surface area contributed by atoms with Crippen LogP contribution in [0.3, 0.4) is 0 Å². The van der Waals surface area contributed by atoms with Gasteiger partial charge in [-0.05, 0) is 51.5 Å². The summed E-state index contributed by atoms with van der Waals surface area (Å²) in [6.07, 6.45) is -0.277. The van der Waals surface area contributed by atoms with E-state index in [2.05, 4.69) is 51.8 Å². The number of carbonyl (C=O) groups is 1. The molecule has 0 N–H and O–H groups in total. The Kier molecular flexibility index (Phi) is 6.34. The van der Waals surface area contributed by atoms with Crippen LogP contribution in [0.15, 0.2) is 71.8 Å². The molecule has 172 valence electrons. The maximum atomic E-state index is 12.9. The van der Waals surface area contributed by atoms with Crippen LogP contribution in [0.2, 0.25) is 0 Å². The number of amides is 1. The number of anilines is 1. The Balaban J connectivity index is 1.22. The molecule has 1 fully saturated rings. The van der Waals surface area contributed by atoms with Crippen LogP contribution in [0.4, 0.5) is 16.2 Å². The third-order valence-corrected chi connectivity index (χ3v) is 6.91. The zero-order valence-corrected chi connectivity index (χ0v) is 19.6. The van der Waals surface area contributed by atoms with Gasteiger partial charge in [-0.25, -0.2) is 4.79 Å². The molecule has 1 amide bonds. The molecule has 0 unspecified atom stereocenters. The van der Waals surface area contributed by atoms with Crippen molar-refractivity contribution in [3.63, 3.8) is 0 Å². The number of ether oxygens (including phenoxy) is 1. The van der Waals surface area contributed by atoms with E-state index in [1.807, 2.05) is 42.5 Å². The van der Waals surface area contributed by atoms with Crippen molar-refractivity contribution in [2.45, 2.75) is 11.7 Å². The van der Waals surface area contributed by atoms with Crippen molar-refractivity contribution in [3.8, 4) is 11.1 Å². The Morgan fingerprint density at radius 3 is 2.26 bits per heavy atom. The van der Waals surface area contributed by atoms with Crippen molar-refractivity contribution in [1.29, 1.82) is 0 Å². The predicted molar refractivity (Wildman–Crippen MR) is 137 cm³/mol. The van der Waals surface area contributed by atoms with Gasteiger partial charge in [-0.1, -0.05) is 53.6 Å². The average molecular weight is 472 g/mol. The highest BCUT2D eigenvalue weighted by atomic mass is 32.1. The molecule has 0 aromatic heterocycles. The Morgan fingerprint density at radius 1 is 1.00 bits per heavy atom. The van der Waals surface area contributed by atoms with Gasteiger partial charge < -0.3 is 14.5 Å². The lowest BCUT2D eigenvalue weighted by Crippen LogP contribution is -2.49. The van der Waals surface area contributed by atoms with Gasteiger partial charge in [-0.2, -0.15) is 12.6 Å². The summed E-state index contributed by atoms with van der Waals surface area (Å²) in [5.74, 6) is 0.613. The third-order valence-electron chi connectivity index (χ3n) is 6.54. The third kappa shape index (κ3) is 4.30. The van der Waals surface area contributed by atoms with E-state index in [4.69, 9.17) is 10.3 Å². The maximum absolute atomic E-state index is 12.9. The van der Waals surface area contributed by atoms with Crippen molar-refractivity contribution < 1.29 is 9.53 Å². The summed E-state index contributed by atoms with van der Waals surface area (Å²) < 4.78 is 5.81. The molecule has 1 aliphatic carbocycles. The van der Waals surface area contributed by atoms with E-state index in [1.165, 1.54) is 22.3 Å². The summed E-state index contributed by atoms with van der Waals surface area (Å²) in [6.45, 7) is 2.82. The number of fused-ring (bicyclic) bond motifs is 3. The molecule has 1 heterocycles. The molecule has 34 heavy (non-hydrogen) atoms. The smallest absolute Gasteiger partial charge is 0.409 e. The molecule has 3 aromatic carbocycles. The molecule has 0 spiro atoms. The number of hydrogen-bond donors (Lipinski definition) is 1. The van der Waals surface area contributed by atoms with Gasteiger partial charge in [-0.3, -0.25) is 0 Å². The van der Waals surface area contributed by atoms with Gasteiger partial charge in [0.2, 0.25) is 0 Å². The lowest BCUT2D eigenvalue weighted by molar-refractivity contribution is 0.0977. The van der Waals surface area contributed by atoms with Crippen LogP contribution in [-0.2, 0) is 10.5 Å². The van der Waals surface area contributed by atoms with E-state index in [-0.39, 0.29) is 12.0 Å². The highest BCUT2D eigenvalue weighted by Gasteiger charge is 2.30. The van der Waals surface area contributed by atoms with Gasteiger partial charge in [0, 0.05) is 54.1 Å². The monoisotopic (exact) mass is 471 g/mol. The summed E-state index contributed by atoms with van der Waals surface area (Å²) in [4.78, 5) is 19.7. The van der Waals surface area contributed by atoms with Crippen LogP contribution in [0.1, 0.15) is 22.6 Å². The second-order valence-electron chi connectivity index (χ2n) is 8.48. The van der Waals surface area contributed by atoms with Gasteiger partial charge >= 0.3 is 6.09 Å². The fraction of sp³-hybridized carbons (Fsp3) is 0.269. The fourth-order valence-electron chi connectivity index (χ4n) is 4.87. The van der Waals surface area contributed by atoms with Gasteiger partial charge in [0.25, 0.3) is 0 Å². The van der Waals surface area contributed by atoms with Crippen molar-refractivity contribution >= 4 is 30.1 Å². The molecule has 5 rings (SSSR count). The first-order valence-electron chi connectivity index (χ1n) is 11.3. The van der Waals surface area contributed by atoms with Gasteiger partial charge in [0.05, 0.1) is 0 Å². The quantitative estimate of drug-likeness (QED) is 0.210. The molecular formula is C26H25N5O2S. The van der Waals surface area contributed by atoms with Crippen LogP contribution in [-0.4, -0.2) is 43.8 Å². The summed E-state index contributed by atoms with van der Waals surface area (Å²) >= 11 is 4.35. The molecule has 0 bridgehead atoms. The lowest BCUT2D eigenvalue weighted by atomic mass is 9.98. The average Bonchev–Trinajstić information content (AvgIpc) is 3.21. The minimum absolute atomic E-state index is 0.0562. The molecule has 0 atom stereocenters. The zero-order chi connectivity index (χ0) is 23.5. The van der Waals surface area contributed by atoms with E-state index in [9.17, 15) is 4.79 Å². The first-order valence-corrected chi connectivity index (χ1v) is 12.0. The van der Waals surface area contributed by atoms with Crippen LogP contribution in [0.5, 0.6) is 0 Å². The second-order valence-corrected chi connectivity index (χ2v) is 8.80. The summed E-state index contributed by atoms with van der Waals surface area (Å²) in [5.41, 5.74) is 16.2. The first-order chi connectivity index (χ1) is 16.7. The van der Waals surface area contributed by atoms with Crippen molar-refractivity contribution in [2.24, 2.45) is 5.11 Å². The number of carbonyl (C=O) groups excluding carboxylic acids is 1. The molecule has 0 saturated carbocycles. The lowest BCUT2D eigenvalue weighted by Gasteiger charge is -2.36. The minimum Gasteiger partial charge on any atom is -0.448 e. The number of benzene rings is 3. The number of azide groups is 1. The van der Waals surface area contributed by atoms with Crippen LogP contribution in [0, 0.1) is 0 Å². The standard InChI is InChI=1S/C26H25N5O2S/c27-29-28-19-13-18(17-34)14-20(15-19)30-9-11-31(12-10-30)26(32)33-16-25-23-7-3-1-5-21(23)22-6-2-4-8-24(22)25/h1-8,13-15,25,34H,9-12,16-17H2. The predicted octanol–water partition coefficient (Wildman–Crippen LogP) is 6.13. The topological polar surface area (TPSA) is 81.5 Å². The highest BCUT2D eigenvalue weighted by molar-refractivity contribution is 7.79. The fourth-order valence-corrected chi connectivity index (χ4v) is 5.05. The Labute approximate surface area is 204 Å². The Hall–Kier alpha value is -3.61. The molecular weight excluding hydrogens is 446 g/mol. The molecule has 1 aliphatic heterocycles. The van der Waals surface area contributed by atoms with Crippen LogP contribution < -0.4 is 4.90 Å². The molecule has 8 heteroatoms. The van der Waals surface area contributed by atoms with Crippen LogP contribution in [0.25, 0.3) is 21.6 Å². The van der Waals surface area contributed by atoms with Crippen molar-refractivity contribution in [2.75, 3.05) is 37.7 Å². The van der Waals surface area contributed by atoms with Gasteiger partial charge in [0.15, 0.2) is 0 Å². The van der Waals surface area contributed by atoms with Crippen LogP contribution >= 0.6 is 12.6 Å². The SMILES string of the molecule is [N-]=[N+]=Nc1cc(CS)cc(N2CCN(C(=O)OCC3c4ccccc4-c4ccccc43)CC2)c1. The van der Waals surface area contributed by atoms with E-state index >= 15 is 0 Å². The van der Waals surface area contributed by atoms with E-state index < -0.39 is 0 Å². The minimum atomic E-state index is -0.277. The maximum Gasteiger partial charge on any atom is 0.409 e. The zero-order valence-electron chi connectivity index (χ0n) is 18.7. The number of piperazine rings is 1. The second kappa shape index (κ2) is 9.71. The summed E-state index contributed by atoms with van der Waals surface area (Å²) in [7, 11) is 0. The Bertz CT molecular complexity index is 1220. The number of hydrogen-bond acceptors (Lipinski definition) is 5. The molecule has 1 saturated heterocycles. The first kappa shape index (κ1) is 22.2. The van der Waals surface area contributed by atoms with Gasteiger partial charge in [-0.15, -0.1) is 0 Å². The molecule has 7 nitrogen and oxygen atoms in total. The highest BCUT2D eigenvalue weighted by Crippen LogP contribution is 2.44. The Morgan fingerprint density at radius 2 is 1.65 bits per heavy atom. The van der Waals surface area contributed by atoms with E-state index in [0.717, 1.165) is 11.3 Å².